The Bertz CT molecular complexity index is 821. The van der Waals surface area contributed by atoms with Crippen molar-refractivity contribution in [1.29, 1.82) is 0 Å². The Kier molecular flexibility index (Phi) is 3.74. The Hall–Kier alpha value is -2.88. The molecule has 0 bridgehead atoms. The average Bonchev–Trinajstić information content (AvgIpc) is 3.05. The molecule has 3 rings (SSSR count). The SMILES string of the molecule is CCc1cccc(-c2ccn(-c3cccc(C(=O)O)c3)n2)c1. The van der Waals surface area contributed by atoms with Gasteiger partial charge in [-0.3, -0.25) is 0 Å². The molecule has 0 aliphatic rings. The molecule has 1 heterocycles. The van der Waals surface area contributed by atoms with Crippen LogP contribution in [0, 0.1) is 0 Å². The number of hydrogen-bond donors (Lipinski definition) is 1. The number of aryl methyl sites for hydroxylation is 1. The first-order chi connectivity index (χ1) is 10.7. The molecule has 0 radical (unpaired) electrons. The number of hydrogen-bond acceptors (Lipinski definition) is 2. The summed E-state index contributed by atoms with van der Waals surface area (Å²) in [7, 11) is 0. The van der Waals surface area contributed by atoms with E-state index in [1.54, 1.807) is 22.9 Å². The molecule has 22 heavy (non-hydrogen) atoms. The molecular formula is C18H16N2O2. The predicted octanol–water partition coefficient (Wildman–Crippen LogP) is 3.80. The van der Waals surface area contributed by atoms with Crippen LogP contribution in [0.15, 0.2) is 60.8 Å². The molecule has 0 amide bonds. The van der Waals surface area contributed by atoms with Crippen LogP contribution in [0.5, 0.6) is 0 Å². The average molecular weight is 292 g/mol. The van der Waals surface area contributed by atoms with Gasteiger partial charge in [0.15, 0.2) is 0 Å². The predicted molar refractivity (Wildman–Crippen MR) is 85.3 cm³/mol. The minimum atomic E-state index is -0.940. The van der Waals surface area contributed by atoms with Crippen molar-refractivity contribution in [2.45, 2.75) is 13.3 Å². The minimum Gasteiger partial charge on any atom is -0.478 e. The van der Waals surface area contributed by atoms with Crippen molar-refractivity contribution in [3.63, 3.8) is 0 Å². The number of aromatic nitrogens is 2. The van der Waals surface area contributed by atoms with Crippen LogP contribution in [0.4, 0.5) is 0 Å². The van der Waals surface area contributed by atoms with Crippen molar-refractivity contribution in [3.05, 3.63) is 71.9 Å². The molecule has 3 aromatic rings. The first-order valence-corrected chi connectivity index (χ1v) is 7.16. The van der Waals surface area contributed by atoms with Crippen LogP contribution >= 0.6 is 0 Å². The third-order valence-corrected chi connectivity index (χ3v) is 3.58. The summed E-state index contributed by atoms with van der Waals surface area (Å²) in [6, 6.07) is 16.9. The zero-order valence-electron chi connectivity index (χ0n) is 12.2. The zero-order chi connectivity index (χ0) is 15.5. The molecule has 4 heteroatoms. The van der Waals surface area contributed by atoms with E-state index in [1.165, 1.54) is 5.56 Å². The van der Waals surface area contributed by atoms with Crippen molar-refractivity contribution in [1.82, 2.24) is 9.78 Å². The van der Waals surface area contributed by atoms with E-state index in [0.717, 1.165) is 23.4 Å². The Morgan fingerprint density at radius 3 is 2.73 bits per heavy atom. The van der Waals surface area contributed by atoms with Gasteiger partial charge in [-0.2, -0.15) is 5.10 Å². The molecule has 0 saturated carbocycles. The fourth-order valence-electron chi connectivity index (χ4n) is 2.35. The second kappa shape index (κ2) is 5.85. The minimum absolute atomic E-state index is 0.252. The molecule has 0 atom stereocenters. The second-order valence-electron chi connectivity index (χ2n) is 5.05. The molecule has 2 aromatic carbocycles. The Morgan fingerprint density at radius 1 is 1.14 bits per heavy atom. The number of carboxylic acids is 1. The van der Waals surface area contributed by atoms with E-state index in [-0.39, 0.29) is 5.56 Å². The van der Waals surface area contributed by atoms with Gasteiger partial charge in [0.25, 0.3) is 0 Å². The number of carbonyl (C=O) groups is 1. The van der Waals surface area contributed by atoms with Crippen molar-refractivity contribution in [3.8, 4) is 16.9 Å². The lowest BCUT2D eigenvalue weighted by atomic mass is 10.1. The van der Waals surface area contributed by atoms with E-state index < -0.39 is 5.97 Å². The van der Waals surface area contributed by atoms with Crippen molar-refractivity contribution in [2.75, 3.05) is 0 Å². The summed E-state index contributed by atoms with van der Waals surface area (Å²) < 4.78 is 1.69. The van der Waals surface area contributed by atoms with E-state index in [9.17, 15) is 4.79 Å². The topological polar surface area (TPSA) is 55.1 Å². The fraction of sp³-hybridized carbons (Fsp3) is 0.111. The molecule has 110 valence electrons. The van der Waals surface area contributed by atoms with Crippen molar-refractivity contribution >= 4 is 5.97 Å². The van der Waals surface area contributed by atoms with Gasteiger partial charge in [-0.1, -0.05) is 31.2 Å². The third-order valence-electron chi connectivity index (χ3n) is 3.58. The van der Waals surface area contributed by atoms with Crippen LogP contribution < -0.4 is 0 Å². The first kappa shape index (κ1) is 14.1. The number of rotatable bonds is 4. The summed E-state index contributed by atoms with van der Waals surface area (Å²) in [5.41, 5.74) is 4.18. The Labute approximate surface area is 128 Å². The highest BCUT2D eigenvalue weighted by Crippen LogP contribution is 2.20. The Morgan fingerprint density at radius 2 is 1.95 bits per heavy atom. The van der Waals surface area contributed by atoms with Gasteiger partial charge in [-0.05, 0) is 42.3 Å². The molecule has 1 aromatic heterocycles. The van der Waals surface area contributed by atoms with Gasteiger partial charge in [0.1, 0.15) is 0 Å². The quantitative estimate of drug-likeness (QED) is 0.795. The fourth-order valence-corrected chi connectivity index (χ4v) is 2.35. The van der Waals surface area contributed by atoms with Gasteiger partial charge >= 0.3 is 5.97 Å². The van der Waals surface area contributed by atoms with Crippen LogP contribution in [-0.4, -0.2) is 20.9 Å². The van der Waals surface area contributed by atoms with Crippen molar-refractivity contribution < 1.29 is 9.90 Å². The maximum Gasteiger partial charge on any atom is 0.335 e. The van der Waals surface area contributed by atoms with E-state index >= 15 is 0 Å². The molecule has 0 aliphatic heterocycles. The second-order valence-corrected chi connectivity index (χ2v) is 5.05. The van der Waals surface area contributed by atoms with Crippen LogP contribution in [0.3, 0.4) is 0 Å². The number of nitrogens with zero attached hydrogens (tertiary/aromatic N) is 2. The summed E-state index contributed by atoms with van der Waals surface area (Å²) in [4.78, 5) is 11.1. The summed E-state index contributed by atoms with van der Waals surface area (Å²) in [6.45, 7) is 2.12. The highest BCUT2D eigenvalue weighted by atomic mass is 16.4. The van der Waals surface area contributed by atoms with Crippen LogP contribution in [-0.2, 0) is 6.42 Å². The van der Waals surface area contributed by atoms with Gasteiger partial charge in [-0.25, -0.2) is 9.48 Å². The summed E-state index contributed by atoms with van der Waals surface area (Å²) >= 11 is 0. The molecule has 0 fully saturated rings. The van der Waals surface area contributed by atoms with Crippen LogP contribution in [0.2, 0.25) is 0 Å². The lowest BCUT2D eigenvalue weighted by Gasteiger charge is -2.03. The molecule has 0 aliphatic carbocycles. The monoisotopic (exact) mass is 292 g/mol. The largest absolute Gasteiger partial charge is 0.478 e. The van der Waals surface area contributed by atoms with Gasteiger partial charge in [0, 0.05) is 11.8 Å². The van der Waals surface area contributed by atoms with Crippen LogP contribution in [0.1, 0.15) is 22.8 Å². The lowest BCUT2D eigenvalue weighted by molar-refractivity contribution is 0.0697. The number of carboxylic acid groups (broad SMARTS) is 1. The van der Waals surface area contributed by atoms with Gasteiger partial charge in [0.05, 0.1) is 16.9 Å². The smallest absolute Gasteiger partial charge is 0.335 e. The maximum atomic E-state index is 11.1. The number of aromatic carboxylic acids is 1. The molecule has 0 saturated heterocycles. The van der Waals surface area contributed by atoms with Gasteiger partial charge in [-0.15, -0.1) is 0 Å². The molecule has 1 N–H and O–H groups in total. The lowest BCUT2D eigenvalue weighted by Crippen LogP contribution is -2.00. The third kappa shape index (κ3) is 2.76. The molecule has 0 spiro atoms. The summed E-state index contributed by atoms with van der Waals surface area (Å²) in [5, 5.41) is 13.6. The van der Waals surface area contributed by atoms with E-state index in [0.29, 0.717) is 0 Å². The summed E-state index contributed by atoms with van der Waals surface area (Å²) in [5.74, 6) is -0.940. The standard InChI is InChI=1S/C18H16N2O2/c1-2-13-5-3-6-14(11-13)17-9-10-20(19-17)16-8-4-7-15(12-16)18(21)22/h3-12H,2H2,1H3,(H,21,22). The molecule has 4 nitrogen and oxygen atoms in total. The van der Waals surface area contributed by atoms with Crippen molar-refractivity contribution in [2.24, 2.45) is 0 Å². The van der Waals surface area contributed by atoms with E-state index in [1.807, 2.05) is 30.5 Å². The highest BCUT2D eigenvalue weighted by molar-refractivity contribution is 5.88. The van der Waals surface area contributed by atoms with E-state index in [4.69, 9.17) is 5.11 Å². The number of benzene rings is 2. The maximum absolute atomic E-state index is 11.1. The normalized spacial score (nSPS) is 10.6. The Balaban J connectivity index is 1.96. The van der Waals surface area contributed by atoms with Crippen LogP contribution in [0.25, 0.3) is 16.9 Å². The van der Waals surface area contributed by atoms with E-state index in [2.05, 4.69) is 24.2 Å². The highest BCUT2D eigenvalue weighted by Gasteiger charge is 2.07. The summed E-state index contributed by atoms with van der Waals surface area (Å²) in [6.07, 6.45) is 2.82. The van der Waals surface area contributed by atoms with Gasteiger partial charge in [0.2, 0.25) is 0 Å². The zero-order valence-corrected chi connectivity index (χ0v) is 12.2. The molecular weight excluding hydrogens is 276 g/mol. The molecule has 0 unspecified atom stereocenters. The first-order valence-electron chi connectivity index (χ1n) is 7.16. The van der Waals surface area contributed by atoms with Gasteiger partial charge < -0.3 is 5.11 Å².